The molecule has 0 atom stereocenters. The summed E-state index contributed by atoms with van der Waals surface area (Å²) in [5, 5.41) is 0. The van der Waals surface area contributed by atoms with E-state index in [1.807, 2.05) is 0 Å². The minimum absolute atomic E-state index is 0.0382. The van der Waals surface area contributed by atoms with Gasteiger partial charge in [-0.05, 0) is 12.5 Å². The summed E-state index contributed by atoms with van der Waals surface area (Å²) in [7, 11) is 0. The summed E-state index contributed by atoms with van der Waals surface area (Å²) in [6.45, 7) is 0. The van der Waals surface area contributed by atoms with E-state index in [2.05, 4.69) is 0 Å². The first-order chi connectivity index (χ1) is 11.8. The largest absolute Gasteiger partial charge is 0.299 e. The van der Waals surface area contributed by atoms with Gasteiger partial charge in [0.05, 0.1) is 16.7 Å². The van der Waals surface area contributed by atoms with E-state index in [4.69, 9.17) is 0 Å². The van der Waals surface area contributed by atoms with Crippen LogP contribution in [-0.4, -0.2) is 23.1 Å². The molecule has 0 saturated carbocycles. The van der Waals surface area contributed by atoms with Crippen molar-refractivity contribution in [1.29, 1.82) is 0 Å². The molecule has 1 aromatic rings. The number of hydrogen-bond acceptors (Lipinski definition) is 4. The SMILES string of the molecule is O=C1CC/C=C\C(=O)C2=C(C1)C(=O)c1c(F)c(F)c(F)c(F)c1C2=O. The Morgan fingerprint density at radius 2 is 1.32 bits per heavy atom. The molecule has 0 aromatic heterocycles. The van der Waals surface area contributed by atoms with Gasteiger partial charge in [0.25, 0.3) is 0 Å². The molecule has 0 fully saturated rings. The standard InChI is InChI=1S/C17H8F4O4/c18-12-10-11(13(19)15(21)14(12)20)17(25)9-7(16(10)24)5-6(22)3-1-2-4-8(9)23/h2,4H,1,3,5H2/b4-2-. The van der Waals surface area contributed by atoms with E-state index in [9.17, 15) is 36.7 Å². The van der Waals surface area contributed by atoms with Gasteiger partial charge in [0, 0.05) is 18.4 Å². The maximum atomic E-state index is 14.0. The number of ketones is 4. The molecule has 0 saturated heterocycles. The Hall–Kier alpha value is -2.90. The molecule has 1 aromatic carbocycles. The zero-order valence-corrected chi connectivity index (χ0v) is 12.4. The summed E-state index contributed by atoms with van der Waals surface area (Å²) in [4.78, 5) is 48.9. The number of halogens is 4. The average Bonchev–Trinajstić information content (AvgIpc) is 2.64. The molecular formula is C17H8F4O4. The minimum atomic E-state index is -2.26. The van der Waals surface area contributed by atoms with E-state index in [1.165, 1.54) is 6.08 Å². The van der Waals surface area contributed by atoms with Gasteiger partial charge in [-0.3, -0.25) is 19.2 Å². The number of carbonyl (C=O) groups is 4. The maximum Gasteiger partial charge on any atom is 0.201 e. The summed E-state index contributed by atoms with van der Waals surface area (Å²) in [6.07, 6.45) is 1.70. The molecule has 128 valence electrons. The molecule has 25 heavy (non-hydrogen) atoms. The lowest BCUT2D eigenvalue weighted by Gasteiger charge is -2.20. The quantitative estimate of drug-likeness (QED) is 0.312. The number of hydrogen-bond donors (Lipinski definition) is 0. The van der Waals surface area contributed by atoms with Crippen LogP contribution in [0, 0.1) is 23.3 Å². The average molecular weight is 352 g/mol. The van der Waals surface area contributed by atoms with Crippen molar-refractivity contribution in [2.45, 2.75) is 19.3 Å². The van der Waals surface area contributed by atoms with E-state index in [-0.39, 0.29) is 12.8 Å². The summed E-state index contributed by atoms with van der Waals surface area (Å²) in [6, 6.07) is 0. The second-order valence-electron chi connectivity index (χ2n) is 5.54. The molecule has 0 aliphatic heterocycles. The van der Waals surface area contributed by atoms with Gasteiger partial charge in [-0.2, -0.15) is 0 Å². The normalized spacial score (nSPS) is 19.2. The molecule has 0 heterocycles. The molecule has 8 heteroatoms. The van der Waals surface area contributed by atoms with Crippen LogP contribution in [0.15, 0.2) is 23.3 Å². The van der Waals surface area contributed by atoms with Gasteiger partial charge in [0.2, 0.25) is 5.78 Å². The van der Waals surface area contributed by atoms with Gasteiger partial charge in [-0.1, -0.05) is 6.08 Å². The van der Waals surface area contributed by atoms with Crippen molar-refractivity contribution in [2.24, 2.45) is 0 Å². The Morgan fingerprint density at radius 1 is 0.760 bits per heavy atom. The van der Waals surface area contributed by atoms with Crippen LogP contribution in [0.5, 0.6) is 0 Å². The predicted octanol–water partition coefficient (Wildman–Crippen LogP) is 2.80. The Labute approximate surface area is 137 Å². The van der Waals surface area contributed by atoms with E-state index < -0.39 is 75.1 Å². The number of rotatable bonds is 0. The van der Waals surface area contributed by atoms with Gasteiger partial charge in [-0.15, -0.1) is 0 Å². The van der Waals surface area contributed by atoms with Crippen LogP contribution in [0.1, 0.15) is 40.0 Å². The van der Waals surface area contributed by atoms with Crippen molar-refractivity contribution in [3.05, 3.63) is 57.7 Å². The van der Waals surface area contributed by atoms with Crippen LogP contribution in [0.2, 0.25) is 0 Å². The van der Waals surface area contributed by atoms with Crippen LogP contribution in [0.25, 0.3) is 0 Å². The smallest absolute Gasteiger partial charge is 0.201 e. The molecule has 2 aliphatic rings. The summed E-state index contributed by atoms with van der Waals surface area (Å²) < 4.78 is 54.9. The van der Waals surface area contributed by atoms with Crippen LogP contribution >= 0.6 is 0 Å². The Balaban J connectivity index is 2.35. The highest BCUT2D eigenvalue weighted by atomic mass is 19.2. The van der Waals surface area contributed by atoms with Crippen molar-refractivity contribution in [3.8, 4) is 0 Å². The van der Waals surface area contributed by atoms with Crippen LogP contribution in [0.3, 0.4) is 0 Å². The second kappa shape index (κ2) is 5.87. The molecule has 3 rings (SSSR count). The number of benzene rings is 1. The third kappa shape index (κ3) is 2.45. The Bertz CT molecular complexity index is 941. The number of fused-ring (bicyclic) bond motifs is 1. The van der Waals surface area contributed by atoms with E-state index >= 15 is 0 Å². The summed E-state index contributed by atoms with van der Waals surface area (Å²) in [5.41, 5.74) is -4.10. The maximum absolute atomic E-state index is 14.0. The van der Waals surface area contributed by atoms with E-state index in [1.54, 1.807) is 0 Å². The highest BCUT2D eigenvalue weighted by Gasteiger charge is 2.42. The van der Waals surface area contributed by atoms with Gasteiger partial charge >= 0.3 is 0 Å². The van der Waals surface area contributed by atoms with Crippen LogP contribution in [-0.2, 0) is 9.59 Å². The fraction of sp³-hybridized carbons (Fsp3) is 0.176. The number of carbonyl (C=O) groups excluding carboxylic acids is 4. The number of allylic oxidation sites excluding steroid dienone is 4. The molecule has 0 amide bonds. The predicted molar refractivity (Wildman–Crippen MR) is 75.0 cm³/mol. The van der Waals surface area contributed by atoms with Gasteiger partial charge < -0.3 is 0 Å². The molecule has 0 spiro atoms. The molecule has 4 nitrogen and oxygen atoms in total. The lowest BCUT2D eigenvalue weighted by molar-refractivity contribution is -0.118. The third-order valence-electron chi connectivity index (χ3n) is 4.00. The topological polar surface area (TPSA) is 68.3 Å². The number of Topliss-reactive ketones (excluding diaryl/α,β-unsaturated/α-hetero) is 3. The lowest BCUT2D eigenvalue weighted by atomic mass is 9.80. The summed E-state index contributed by atoms with van der Waals surface area (Å²) >= 11 is 0. The zero-order chi connectivity index (χ0) is 18.5. The van der Waals surface area contributed by atoms with E-state index in [0.29, 0.717) is 0 Å². The zero-order valence-electron chi connectivity index (χ0n) is 12.4. The molecule has 0 bridgehead atoms. The van der Waals surface area contributed by atoms with Crippen LogP contribution in [0.4, 0.5) is 17.6 Å². The second-order valence-corrected chi connectivity index (χ2v) is 5.54. The first-order valence-corrected chi connectivity index (χ1v) is 7.16. The van der Waals surface area contributed by atoms with E-state index in [0.717, 1.165) is 6.08 Å². The fourth-order valence-corrected chi connectivity index (χ4v) is 2.82. The monoisotopic (exact) mass is 352 g/mol. The lowest BCUT2D eigenvalue weighted by Crippen LogP contribution is -2.30. The highest BCUT2D eigenvalue weighted by molar-refractivity contribution is 6.39. The van der Waals surface area contributed by atoms with Crippen molar-refractivity contribution < 1.29 is 36.7 Å². The highest BCUT2D eigenvalue weighted by Crippen LogP contribution is 2.35. The Morgan fingerprint density at radius 3 is 1.92 bits per heavy atom. The van der Waals surface area contributed by atoms with Gasteiger partial charge in [0.1, 0.15) is 5.78 Å². The van der Waals surface area contributed by atoms with Gasteiger partial charge in [-0.25, -0.2) is 17.6 Å². The van der Waals surface area contributed by atoms with Crippen molar-refractivity contribution in [2.75, 3.05) is 0 Å². The molecule has 2 aliphatic carbocycles. The van der Waals surface area contributed by atoms with Crippen LogP contribution < -0.4 is 0 Å². The van der Waals surface area contributed by atoms with Crippen molar-refractivity contribution in [3.63, 3.8) is 0 Å². The minimum Gasteiger partial charge on any atom is -0.299 e. The molecule has 0 unspecified atom stereocenters. The fourth-order valence-electron chi connectivity index (χ4n) is 2.82. The Kier molecular flexibility index (Phi) is 3.98. The van der Waals surface area contributed by atoms with Crippen molar-refractivity contribution >= 4 is 23.1 Å². The van der Waals surface area contributed by atoms with Gasteiger partial charge in [0.15, 0.2) is 34.8 Å². The first kappa shape index (κ1) is 16.9. The first-order valence-electron chi connectivity index (χ1n) is 7.16. The molecule has 0 N–H and O–H groups in total. The van der Waals surface area contributed by atoms with Crippen molar-refractivity contribution in [1.82, 2.24) is 0 Å². The third-order valence-corrected chi connectivity index (χ3v) is 4.00. The molecular weight excluding hydrogens is 344 g/mol. The molecule has 0 radical (unpaired) electrons. The summed E-state index contributed by atoms with van der Waals surface area (Å²) in [5.74, 6) is -12.9.